The lowest BCUT2D eigenvalue weighted by Gasteiger charge is -2.15. The summed E-state index contributed by atoms with van der Waals surface area (Å²) < 4.78 is 0. The molecule has 0 saturated heterocycles. The minimum absolute atomic E-state index is 0.678. The Labute approximate surface area is 111 Å². The molecule has 16 heavy (non-hydrogen) atoms. The van der Waals surface area contributed by atoms with Gasteiger partial charge in [-0.3, -0.25) is 0 Å². The molecular weight excluding hydrogens is 280 g/mol. The number of benzene rings is 1. The molecule has 0 bridgehead atoms. The maximum Gasteiger partial charge on any atom is 0.0169 e. The monoisotopic (exact) mass is 298 g/mol. The second kappa shape index (κ2) is 5.59. The summed E-state index contributed by atoms with van der Waals surface area (Å²) in [6, 6.07) is 8.84. The van der Waals surface area contributed by atoms with Gasteiger partial charge in [0, 0.05) is 15.0 Å². The average molecular weight is 299 g/mol. The summed E-state index contributed by atoms with van der Waals surface area (Å²) in [6.45, 7) is 4.58. The highest BCUT2D eigenvalue weighted by Gasteiger charge is 2.22. The first-order chi connectivity index (χ1) is 7.66. The zero-order chi connectivity index (χ0) is 11.5. The van der Waals surface area contributed by atoms with Gasteiger partial charge in [0.1, 0.15) is 0 Å². The highest BCUT2D eigenvalue weighted by molar-refractivity contribution is 9.09. The SMILES string of the molecule is CC(C)C(Br)CCC1Cc2ccccc2S1. The Bertz CT molecular complexity index is 323. The number of alkyl halides is 1. The summed E-state index contributed by atoms with van der Waals surface area (Å²) in [7, 11) is 0. The predicted molar refractivity (Wildman–Crippen MR) is 76.6 cm³/mol. The fraction of sp³-hybridized carbons (Fsp3) is 0.571. The lowest BCUT2D eigenvalue weighted by Crippen LogP contribution is -2.10. The average Bonchev–Trinajstić information content (AvgIpc) is 2.68. The molecule has 1 aliphatic heterocycles. The Morgan fingerprint density at radius 1 is 1.38 bits per heavy atom. The summed E-state index contributed by atoms with van der Waals surface area (Å²) in [5.41, 5.74) is 1.55. The molecule has 1 heterocycles. The van der Waals surface area contributed by atoms with Gasteiger partial charge in [-0.1, -0.05) is 48.0 Å². The van der Waals surface area contributed by atoms with E-state index in [4.69, 9.17) is 0 Å². The van der Waals surface area contributed by atoms with E-state index in [1.54, 1.807) is 5.56 Å². The molecule has 88 valence electrons. The van der Waals surface area contributed by atoms with Gasteiger partial charge in [0.05, 0.1) is 0 Å². The van der Waals surface area contributed by atoms with Gasteiger partial charge in [0.15, 0.2) is 0 Å². The molecule has 0 fully saturated rings. The molecule has 0 radical (unpaired) electrons. The van der Waals surface area contributed by atoms with Crippen molar-refractivity contribution in [2.45, 2.75) is 48.1 Å². The summed E-state index contributed by atoms with van der Waals surface area (Å²) in [4.78, 5) is 2.18. The molecule has 0 aliphatic carbocycles. The van der Waals surface area contributed by atoms with E-state index in [2.05, 4.69) is 65.8 Å². The number of hydrogen-bond acceptors (Lipinski definition) is 1. The Kier molecular flexibility index (Phi) is 4.37. The van der Waals surface area contributed by atoms with Crippen molar-refractivity contribution in [3.8, 4) is 0 Å². The number of thioether (sulfide) groups is 1. The summed E-state index contributed by atoms with van der Waals surface area (Å²) in [5.74, 6) is 0.744. The predicted octanol–water partition coefficient (Wildman–Crippen LogP) is 4.90. The molecule has 2 atom stereocenters. The van der Waals surface area contributed by atoms with Gasteiger partial charge < -0.3 is 0 Å². The van der Waals surface area contributed by atoms with Crippen LogP contribution < -0.4 is 0 Å². The van der Waals surface area contributed by atoms with Crippen LogP contribution in [0.4, 0.5) is 0 Å². The van der Waals surface area contributed by atoms with E-state index < -0.39 is 0 Å². The fourth-order valence-electron chi connectivity index (χ4n) is 2.09. The van der Waals surface area contributed by atoms with Crippen LogP contribution >= 0.6 is 27.7 Å². The van der Waals surface area contributed by atoms with E-state index in [9.17, 15) is 0 Å². The molecule has 1 aromatic rings. The molecule has 1 aromatic carbocycles. The Morgan fingerprint density at radius 2 is 2.12 bits per heavy atom. The molecule has 2 unspecified atom stereocenters. The van der Waals surface area contributed by atoms with Gasteiger partial charge in [-0.05, 0) is 36.8 Å². The Hall–Kier alpha value is 0.0500. The molecular formula is C14H19BrS. The van der Waals surface area contributed by atoms with Crippen molar-refractivity contribution in [1.29, 1.82) is 0 Å². The molecule has 0 saturated carbocycles. The topological polar surface area (TPSA) is 0 Å². The van der Waals surface area contributed by atoms with Crippen LogP contribution in [0.15, 0.2) is 29.2 Å². The van der Waals surface area contributed by atoms with Crippen LogP contribution in [0.2, 0.25) is 0 Å². The zero-order valence-electron chi connectivity index (χ0n) is 9.95. The number of rotatable bonds is 4. The van der Waals surface area contributed by atoms with Gasteiger partial charge in [0.2, 0.25) is 0 Å². The first-order valence-corrected chi connectivity index (χ1v) is 7.85. The Balaban J connectivity index is 1.83. The molecule has 0 spiro atoms. The summed E-state index contributed by atoms with van der Waals surface area (Å²) in [6.07, 6.45) is 3.88. The van der Waals surface area contributed by atoms with Crippen LogP contribution in [-0.2, 0) is 6.42 Å². The standard InChI is InChI=1S/C14H19BrS/c1-10(2)13(15)8-7-12-9-11-5-3-4-6-14(11)16-12/h3-6,10,12-13H,7-9H2,1-2H3. The van der Waals surface area contributed by atoms with Crippen LogP contribution in [-0.4, -0.2) is 10.1 Å². The van der Waals surface area contributed by atoms with Gasteiger partial charge in [0.25, 0.3) is 0 Å². The highest BCUT2D eigenvalue weighted by atomic mass is 79.9. The third-order valence-corrected chi connectivity index (χ3v) is 6.10. The van der Waals surface area contributed by atoms with Gasteiger partial charge >= 0.3 is 0 Å². The minimum atomic E-state index is 0.678. The van der Waals surface area contributed by atoms with Crippen LogP contribution in [0, 0.1) is 5.92 Å². The molecule has 0 N–H and O–H groups in total. The molecule has 2 heteroatoms. The summed E-state index contributed by atoms with van der Waals surface area (Å²) in [5, 5.41) is 0.802. The fourth-order valence-corrected chi connectivity index (χ4v) is 3.69. The lowest BCUT2D eigenvalue weighted by molar-refractivity contribution is 0.556. The number of fused-ring (bicyclic) bond motifs is 1. The second-order valence-electron chi connectivity index (χ2n) is 4.89. The van der Waals surface area contributed by atoms with E-state index >= 15 is 0 Å². The summed E-state index contributed by atoms with van der Waals surface area (Å²) >= 11 is 5.84. The highest BCUT2D eigenvalue weighted by Crippen LogP contribution is 2.39. The largest absolute Gasteiger partial charge is 0.122 e. The van der Waals surface area contributed by atoms with E-state index in [-0.39, 0.29) is 0 Å². The molecule has 2 rings (SSSR count). The quantitative estimate of drug-likeness (QED) is 0.712. The third kappa shape index (κ3) is 3.04. The minimum Gasteiger partial charge on any atom is -0.122 e. The van der Waals surface area contributed by atoms with Crippen LogP contribution in [0.5, 0.6) is 0 Å². The van der Waals surface area contributed by atoms with Crippen molar-refractivity contribution in [2.75, 3.05) is 0 Å². The van der Waals surface area contributed by atoms with Gasteiger partial charge in [-0.15, -0.1) is 11.8 Å². The maximum absolute atomic E-state index is 3.78. The van der Waals surface area contributed by atoms with E-state index in [0.717, 1.165) is 11.2 Å². The zero-order valence-corrected chi connectivity index (χ0v) is 12.4. The normalized spacial score (nSPS) is 21.1. The van der Waals surface area contributed by atoms with Crippen LogP contribution in [0.3, 0.4) is 0 Å². The van der Waals surface area contributed by atoms with E-state index in [1.165, 1.54) is 24.2 Å². The molecule has 1 aliphatic rings. The molecule has 0 amide bonds. The smallest absolute Gasteiger partial charge is 0.0169 e. The number of halogens is 1. The lowest BCUT2D eigenvalue weighted by atomic mass is 10.0. The first kappa shape index (κ1) is 12.5. The second-order valence-corrected chi connectivity index (χ2v) is 7.41. The van der Waals surface area contributed by atoms with Crippen molar-refractivity contribution in [3.05, 3.63) is 29.8 Å². The van der Waals surface area contributed by atoms with Crippen molar-refractivity contribution in [3.63, 3.8) is 0 Å². The molecule has 0 aromatic heterocycles. The first-order valence-electron chi connectivity index (χ1n) is 6.05. The van der Waals surface area contributed by atoms with Crippen molar-refractivity contribution in [1.82, 2.24) is 0 Å². The Morgan fingerprint density at radius 3 is 2.81 bits per heavy atom. The van der Waals surface area contributed by atoms with Crippen molar-refractivity contribution < 1.29 is 0 Å². The van der Waals surface area contributed by atoms with Gasteiger partial charge in [-0.25, -0.2) is 0 Å². The van der Waals surface area contributed by atoms with Gasteiger partial charge in [-0.2, -0.15) is 0 Å². The third-order valence-electron chi connectivity index (χ3n) is 3.20. The van der Waals surface area contributed by atoms with Crippen LogP contribution in [0.1, 0.15) is 32.3 Å². The maximum atomic E-state index is 3.78. The number of hydrogen-bond donors (Lipinski definition) is 0. The van der Waals surface area contributed by atoms with Crippen LogP contribution in [0.25, 0.3) is 0 Å². The van der Waals surface area contributed by atoms with E-state index in [0.29, 0.717) is 4.83 Å². The molecule has 0 nitrogen and oxygen atoms in total. The van der Waals surface area contributed by atoms with Crippen molar-refractivity contribution in [2.24, 2.45) is 5.92 Å². The van der Waals surface area contributed by atoms with Crippen molar-refractivity contribution >= 4 is 27.7 Å². The van der Waals surface area contributed by atoms with E-state index in [1.807, 2.05) is 0 Å².